The Morgan fingerprint density at radius 2 is 1.81 bits per heavy atom. The average molecular weight is 281 g/mol. The molecule has 0 amide bonds. The van der Waals surface area contributed by atoms with Crippen LogP contribution < -0.4 is 4.90 Å². The quantitative estimate of drug-likeness (QED) is 0.817. The fourth-order valence-corrected chi connectivity index (χ4v) is 2.21. The van der Waals surface area contributed by atoms with E-state index in [0.29, 0.717) is 5.56 Å². The number of nitriles is 1. The molecule has 86 valence electrons. The number of nitrogens with zero attached hydrogens (tertiary/aromatic N) is 2. The van der Waals surface area contributed by atoms with Crippen molar-refractivity contribution in [1.82, 2.24) is 0 Å². The molecule has 0 atom stereocenters. The van der Waals surface area contributed by atoms with Gasteiger partial charge in [0.1, 0.15) is 0 Å². The van der Waals surface area contributed by atoms with Gasteiger partial charge < -0.3 is 4.90 Å². The van der Waals surface area contributed by atoms with E-state index in [1.54, 1.807) is 0 Å². The lowest BCUT2D eigenvalue weighted by Gasteiger charge is -2.24. The fourth-order valence-electron chi connectivity index (χ4n) is 1.73. The molecule has 0 heterocycles. The van der Waals surface area contributed by atoms with E-state index < -0.39 is 0 Å². The van der Waals surface area contributed by atoms with Crippen LogP contribution >= 0.6 is 15.9 Å². The minimum absolute atomic E-state index is 0.710. The number of rotatable bonds is 5. The molecule has 0 aliphatic rings. The van der Waals surface area contributed by atoms with Gasteiger partial charge in [0.15, 0.2) is 0 Å². The third-order valence-electron chi connectivity index (χ3n) is 2.36. The van der Waals surface area contributed by atoms with Gasteiger partial charge in [0, 0.05) is 23.2 Å². The van der Waals surface area contributed by atoms with Crippen molar-refractivity contribution in [3.63, 3.8) is 0 Å². The average Bonchev–Trinajstić information content (AvgIpc) is 2.28. The first-order valence-corrected chi connectivity index (χ1v) is 6.46. The van der Waals surface area contributed by atoms with E-state index in [-0.39, 0.29) is 0 Å². The largest absolute Gasteiger partial charge is 0.371 e. The van der Waals surface area contributed by atoms with Gasteiger partial charge in [0.2, 0.25) is 0 Å². The van der Waals surface area contributed by atoms with Crippen molar-refractivity contribution in [2.24, 2.45) is 0 Å². The van der Waals surface area contributed by atoms with Gasteiger partial charge in [0.05, 0.1) is 11.6 Å². The number of anilines is 1. The summed E-state index contributed by atoms with van der Waals surface area (Å²) < 4.78 is 0.971. The van der Waals surface area contributed by atoms with Crippen LogP contribution in [0.5, 0.6) is 0 Å². The van der Waals surface area contributed by atoms with Crippen LogP contribution in [0.2, 0.25) is 0 Å². The Kier molecular flexibility index (Phi) is 5.34. The van der Waals surface area contributed by atoms with Crippen molar-refractivity contribution in [1.29, 1.82) is 5.26 Å². The molecule has 0 saturated heterocycles. The number of hydrogen-bond donors (Lipinski definition) is 0. The van der Waals surface area contributed by atoms with Crippen molar-refractivity contribution in [2.75, 3.05) is 18.0 Å². The van der Waals surface area contributed by atoms with Gasteiger partial charge in [-0.1, -0.05) is 29.8 Å². The highest BCUT2D eigenvalue weighted by Gasteiger charge is 2.06. The number of benzene rings is 1. The second-order valence-corrected chi connectivity index (χ2v) is 4.71. The maximum absolute atomic E-state index is 8.94. The molecule has 3 heteroatoms. The summed E-state index contributed by atoms with van der Waals surface area (Å²) in [6.07, 6.45) is 2.24. The van der Waals surface area contributed by atoms with Crippen LogP contribution in [0.15, 0.2) is 22.7 Å². The van der Waals surface area contributed by atoms with E-state index in [1.165, 1.54) is 0 Å². The van der Waals surface area contributed by atoms with Gasteiger partial charge in [-0.2, -0.15) is 5.26 Å². The zero-order chi connectivity index (χ0) is 12.0. The molecule has 0 bridgehead atoms. The molecular weight excluding hydrogens is 264 g/mol. The Balaban J connectivity index is 2.99. The van der Waals surface area contributed by atoms with Gasteiger partial charge in [-0.15, -0.1) is 0 Å². The third-order valence-corrected chi connectivity index (χ3v) is 2.82. The predicted octanol–water partition coefficient (Wildman–Crippen LogP) is 3.95. The van der Waals surface area contributed by atoms with Crippen molar-refractivity contribution < 1.29 is 0 Å². The Bertz CT molecular complexity index is 376. The molecule has 0 unspecified atom stereocenters. The van der Waals surface area contributed by atoms with Crippen LogP contribution in [-0.4, -0.2) is 13.1 Å². The highest BCUT2D eigenvalue weighted by molar-refractivity contribution is 9.10. The van der Waals surface area contributed by atoms with Gasteiger partial charge in [-0.25, -0.2) is 0 Å². The van der Waals surface area contributed by atoms with Gasteiger partial charge in [0.25, 0.3) is 0 Å². The van der Waals surface area contributed by atoms with Crippen LogP contribution in [-0.2, 0) is 0 Å². The van der Waals surface area contributed by atoms with E-state index in [4.69, 9.17) is 5.26 Å². The fraction of sp³-hybridized carbons (Fsp3) is 0.462. The zero-order valence-electron chi connectivity index (χ0n) is 9.83. The SMILES string of the molecule is CCCN(CCC)c1cc(Br)cc(C#N)c1. The van der Waals surface area contributed by atoms with Crippen molar-refractivity contribution >= 4 is 21.6 Å². The molecule has 0 radical (unpaired) electrons. The summed E-state index contributed by atoms with van der Waals surface area (Å²) in [7, 11) is 0. The summed E-state index contributed by atoms with van der Waals surface area (Å²) in [6.45, 7) is 6.42. The summed E-state index contributed by atoms with van der Waals surface area (Å²) in [5.74, 6) is 0. The van der Waals surface area contributed by atoms with E-state index in [2.05, 4.69) is 46.8 Å². The smallest absolute Gasteiger partial charge is 0.0992 e. The lowest BCUT2D eigenvalue weighted by atomic mass is 10.2. The van der Waals surface area contributed by atoms with Crippen LogP contribution in [0.1, 0.15) is 32.3 Å². The van der Waals surface area contributed by atoms with Crippen LogP contribution in [0.3, 0.4) is 0 Å². The van der Waals surface area contributed by atoms with E-state index in [0.717, 1.165) is 36.1 Å². The van der Waals surface area contributed by atoms with Crippen LogP contribution in [0.25, 0.3) is 0 Å². The minimum Gasteiger partial charge on any atom is -0.371 e. The van der Waals surface area contributed by atoms with E-state index >= 15 is 0 Å². The van der Waals surface area contributed by atoms with Crippen molar-refractivity contribution in [2.45, 2.75) is 26.7 Å². The summed E-state index contributed by atoms with van der Waals surface area (Å²) >= 11 is 3.45. The van der Waals surface area contributed by atoms with Crippen molar-refractivity contribution in [3.05, 3.63) is 28.2 Å². The lowest BCUT2D eigenvalue weighted by Crippen LogP contribution is -2.24. The maximum Gasteiger partial charge on any atom is 0.0992 e. The van der Waals surface area contributed by atoms with E-state index in [9.17, 15) is 0 Å². The van der Waals surface area contributed by atoms with Crippen LogP contribution in [0, 0.1) is 11.3 Å². The highest BCUT2D eigenvalue weighted by Crippen LogP contribution is 2.23. The molecule has 0 N–H and O–H groups in total. The predicted molar refractivity (Wildman–Crippen MR) is 71.7 cm³/mol. The molecule has 1 rings (SSSR count). The summed E-state index contributed by atoms with van der Waals surface area (Å²) in [5, 5.41) is 8.94. The number of hydrogen-bond acceptors (Lipinski definition) is 2. The summed E-state index contributed by atoms with van der Waals surface area (Å²) in [5.41, 5.74) is 1.84. The molecule has 0 aliphatic carbocycles. The van der Waals surface area contributed by atoms with Gasteiger partial charge in [-0.3, -0.25) is 0 Å². The lowest BCUT2D eigenvalue weighted by molar-refractivity contribution is 0.744. The topological polar surface area (TPSA) is 27.0 Å². The van der Waals surface area contributed by atoms with Gasteiger partial charge >= 0.3 is 0 Å². The Morgan fingerprint density at radius 1 is 1.19 bits per heavy atom. The standard InChI is InChI=1S/C13H17BrN2/c1-3-5-16(6-4-2)13-8-11(10-15)7-12(14)9-13/h7-9H,3-6H2,1-2H3. The molecule has 16 heavy (non-hydrogen) atoms. The summed E-state index contributed by atoms with van der Waals surface area (Å²) in [6, 6.07) is 8.07. The monoisotopic (exact) mass is 280 g/mol. The Morgan fingerprint density at radius 3 is 2.31 bits per heavy atom. The molecule has 0 fully saturated rings. The first-order chi connectivity index (χ1) is 7.71. The second-order valence-electron chi connectivity index (χ2n) is 3.80. The molecule has 1 aromatic rings. The number of halogens is 1. The van der Waals surface area contributed by atoms with Crippen molar-refractivity contribution in [3.8, 4) is 6.07 Å². The highest BCUT2D eigenvalue weighted by atomic mass is 79.9. The molecule has 0 aliphatic heterocycles. The minimum atomic E-state index is 0.710. The first-order valence-electron chi connectivity index (χ1n) is 5.66. The normalized spacial score (nSPS) is 9.88. The van der Waals surface area contributed by atoms with E-state index in [1.807, 2.05) is 12.1 Å². The molecule has 0 spiro atoms. The molecule has 0 saturated carbocycles. The van der Waals surface area contributed by atoms with Gasteiger partial charge in [-0.05, 0) is 31.0 Å². The Hall–Kier alpha value is -1.01. The first kappa shape index (κ1) is 13.1. The molecular formula is C13H17BrN2. The molecule has 2 nitrogen and oxygen atoms in total. The Labute approximate surface area is 106 Å². The maximum atomic E-state index is 8.94. The molecule has 0 aromatic heterocycles. The molecule has 1 aromatic carbocycles. The zero-order valence-corrected chi connectivity index (χ0v) is 11.4. The van der Waals surface area contributed by atoms with Crippen LogP contribution in [0.4, 0.5) is 5.69 Å². The second kappa shape index (κ2) is 6.55. The third kappa shape index (κ3) is 3.53. The summed E-state index contributed by atoms with van der Waals surface area (Å²) in [4.78, 5) is 2.33.